The van der Waals surface area contributed by atoms with Gasteiger partial charge in [-0.25, -0.2) is 15.0 Å². The summed E-state index contributed by atoms with van der Waals surface area (Å²) in [5.41, 5.74) is -0.413. The van der Waals surface area contributed by atoms with E-state index in [-0.39, 0.29) is 12.5 Å². The van der Waals surface area contributed by atoms with E-state index in [0.717, 1.165) is 12.8 Å². The van der Waals surface area contributed by atoms with Crippen molar-refractivity contribution in [1.82, 2.24) is 19.5 Å². The Morgan fingerprint density at radius 1 is 1.39 bits per heavy atom. The summed E-state index contributed by atoms with van der Waals surface area (Å²) in [5.74, 6) is 0.503. The number of aromatic nitrogens is 4. The lowest BCUT2D eigenvalue weighted by Crippen LogP contribution is -2.48. The maximum absolute atomic E-state index is 11.1. The Labute approximate surface area is 132 Å². The summed E-state index contributed by atoms with van der Waals surface area (Å²) in [5, 5.41) is 33.9. The predicted molar refractivity (Wildman–Crippen MR) is 79.5 cm³/mol. The molecule has 2 aromatic heterocycles. The first-order valence-corrected chi connectivity index (χ1v) is 7.63. The monoisotopic (exact) mass is 321 g/mol. The SMILES string of the molecule is CNc1ncnc2c1ncn2[C@@H]1O[C@H](CO)[C@@H](O)[C@]1(O)C1CC1. The zero-order valence-corrected chi connectivity index (χ0v) is 12.6. The Morgan fingerprint density at radius 3 is 2.83 bits per heavy atom. The Bertz CT molecular complexity index is 733. The van der Waals surface area contributed by atoms with Crippen LogP contribution in [0.1, 0.15) is 19.1 Å². The van der Waals surface area contributed by atoms with E-state index in [1.807, 2.05) is 0 Å². The number of nitrogens with zero attached hydrogens (tertiary/aromatic N) is 4. The van der Waals surface area contributed by atoms with E-state index >= 15 is 0 Å². The molecule has 1 saturated carbocycles. The van der Waals surface area contributed by atoms with Gasteiger partial charge in [0.1, 0.15) is 29.7 Å². The molecule has 23 heavy (non-hydrogen) atoms. The van der Waals surface area contributed by atoms with Crippen LogP contribution < -0.4 is 5.32 Å². The van der Waals surface area contributed by atoms with E-state index in [1.54, 1.807) is 11.6 Å². The first kappa shape index (κ1) is 14.8. The molecule has 2 fully saturated rings. The zero-order chi connectivity index (χ0) is 16.2. The van der Waals surface area contributed by atoms with Gasteiger partial charge in [-0.15, -0.1) is 0 Å². The molecule has 4 atom stereocenters. The van der Waals surface area contributed by atoms with E-state index in [2.05, 4.69) is 20.3 Å². The van der Waals surface area contributed by atoms with Crippen LogP contribution in [0.4, 0.5) is 5.82 Å². The highest BCUT2D eigenvalue weighted by atomic mass is 16.6. The second-order valence-electron chi connectivity index (χ2n) is 6.11. The largest absolute Gasteiger partial charge is 0.394 e. The molecule has 9 nitrogen and oxygen atoms in total. The molecule has 1 aliphatic heterocycles. The predicted octanol–water partition coefficient (Wildman–Crippen LogP) is -0.740. The third-order valence-corrected chi connectivity index (χ3v) is 4.78. The summed E-state index contributed by atoms with van der Waals surface area (Å²) in [7, 11) is 1.74. The molecule has 1 aliphatic carbocycles. The van der Waals surface area contributed by atoms with E-state index < -0.39 is 24.0 Å². The van der Waals surface area contributed by atoms with Gasteiger partial charge in [0.2, 0.25) is 0 Å². The van der Waals surface area contributed by atoms with Gasteiger partial charge in [-0.1, -0.05) is 0 Å². The highest BCUT2D eigenvalue weighted by Gasteiger charge is 2.63. The molecule has 4 N–H and O–H groups in total. The van der Waals surface area contributed by atoms with Crippen LogP contribution in [0.5, 0.6) is 0 Å². The van der Waals surface area contributed by atoms with Crippen LogP contribution >= 0.6 is 0 Å². The maximum atomic E-state index is 11.1. The number of fused-ring (bicyclic) bond motifs is 1. The summed E-state index contributed by atoms with van der Waals surface area (Å²) >= 11 is 0. The van der Waals surface area contributed by atoms with Crippen molar-refractivity contribution in [2.24, 2.45) is 5.92 Å². The Balaban J connectivity index is 1.83. The van der Waals surface area contributed by atoms with Crippen molar-refractivity contribution in [3.05, 3.63) is 12.7 Å². The Hall–Kier alpha value is -1.81. The highest BCUT2D eigenvalue weighted by molar-refractivity contribution is 5.82. The van der Waals surface area contributed by atoms with Crippen LogP contribution in [0.2, 0.25) is 0 Å². The van der Waals surface area contributed by atoms with E-state index in [4.69, 9.17) is 4.74 Å². The van der Waals surface area contributed by atoms with Crippen LogP contribution in [0.25, 0.3) is 11.2 Å². The fourth-order valence-electron chi connectivity index (χ4n) is 3.42. The lowest BCUT2D eigenvalue weighted by Gasteiger charge is -2.31. The standard InChI is InChI=1S/C14H19N5O4/c1-15-11-9-12(17-5-16-11)19(6-18-9)13-14(22,7-2-3-7)10(21)8(4-20)23-13/h5-8,10,13,20-22H,2-4H2,1H3,(H,15,16,17)/t8-,10-,13-,14-/m1/s1. The molecule has 0 unspecified atom stereocenters. The highest BCUT2D eigenvalue weighted by Crippen LogP contribution is 2.52. The summed E-state index contributed by atoms with van der Waals surface area (Å²) < 4.78 is 7.36. The van der Waals surface area contributed by atoms with Crippen LogP contribution in [0, 0.1) is 5.92 Å². The molecule has 3 heterocycles. The summed E-state index contributed by atoms with van der Waals surface area (Å²) in [4.78, 5) is 12.6. The molecule has 0 spiro atoms. The number of aliphatic hydroxyl groups excluding tert-OH is 2. The Morgan fingerprint density at radius 2 is 2.17 bits per heavy atom. The molecule has 1 saturated heterocycles. The molecule has 0 aromatic carbocycles. The van der Waals surface area contributed by atoms with Gasteiger partial charge >= 0.3 is 0 Å². The van der Waals surface area contributed by atoms with Crippen molar-refractivity contribution in [1.29, 1.82) is 0 Å². The molecule has 9 heteroatoms. The fraction of sp³-hybridized carbons (Fsp3) is 0.643. The number of ether oxygens (including phenoxy) is 1. The fourth-order valence-corrected chi connectivity index (χ4v) is 3.42. The second kappa shape index (κ2) is 5.10. The molecule has 0 radical (unpaired) electrons. The second-order valence-corrected chi connectivity index (χ2v) is 6.11. The van der Waals surface area contributed by atoms with Gasteiger partial charge in [-0.3, -0.25) is 4.57 Å². The van der Waals surface area contributed by atoms with Gasteiger partial charge < -0.3 is 25.4 Å². The summed E-state index contributed by atoms with van der Waals surface area (Å²) in [6, 6.07) is 0. The van der Waals surface area contributed by atoms with Crippen molar-refractivity contribution in [3.8, 4) is 0 Å². The number of imidazole rings is 1. The zero-order valence-electron chi connectivity index (χ0n) is 12.6. The average Bonchev–Trinajstić information content (AvgIpc) is 3.29. The molecule has 2 aliphatic rings. The number of anilines is 1. The minimum Gasteiger partial charge on any atom is -0.394 e. The quantitative estimate of drug-likeness (QED) is 0.580. The molecule has 124 valence electrons. The number of hydrogen-bond donors (Lipinski definition) is 4. The average molecular weight is 321 g/mol. The summed E-state index contributed by atoms with van der Waals surface area (Å²) in [6.07, 6.45) is 1.69. The van der Waals surface area contributed by atoms with Gasteiger partial charge in [0, 0.05) is 7.05 Å². The minimum absolute atomic E-state index is 0.0675. The van der Waals surface area contributed by atoms with Crippen molar-refractivity contribution in [3.63, 3.8) is 0 Å². The van der Waals surface area contributed by atoms with Crippen molar-refractivity contribution < 1.29 is 20.1 Å². The van der Waals surface area contributed by atoms with Gasteiger partial charge in [0.15, 0.2) is 17.7 Å². The molecular formula is C14H19N5O4. The summed E-state index contributed by atoms with van der Waals surface area (Å²) in [6.45, 7) is -0.365. The van der Waals surface area contributed by atoms with Crippen molar-refractivity contribution in [2.45, 2.75) is 36.9 Å². The minimum atomic E-state index is -1.47. The van der Waals surface area contributed by atoms with E-state index in [9.17, 15) is 15.3 Å². The smallest absolute Gasteiger partial charge is 0.168 e. The lowest BCUT2D eigenvalue weighted by atomic mass is 9.89. The topological polar surface area (TPSA) is 126 Å². The maximum Gasteiger partial charge on any atom is 0.168 e. The van der Waals surface area contributed by atoms with Crippen LogP contribution in [-0.2, 0) is 4.74 Å². The Kier molecular flexibility index (Phi) is 3.27. The number of hydrogen-bond acceptors (Lipinski definition) is 8. The third-order valence-electron chi connectivity index (χ3n) is 4.78. The number of nitrogens with one attached hydrogen (secondary N) is 1. The van der Waals surface area contributed by atoms with Crippen LogP contribution in [-0.4, -0.2) is 66.3 Å². The molecule has 0 amide bonds. The molecule has 0 bridgehead atoms. The van der Waals surface area contributed by atoms with Crippen LogP contribution in [0.3, 0.4) is 0 Å². The third kappa shape index (κ3) is 1.97. The normalized spacial score (nSPS) is 34.2. The van der Waals surface area contributed by atoms with Crippen molar-refractivity contribution >= 4 is 17.0 Å². The van der Waals surface area contributed by atoms with Gasteiger partial charge in [0.25, 0.3) is 0 Å². The van der Waals surface area contributed by atoms with Crippen molar-refractivity contribution in [2.75, 3.05) is 19.0 Å². The van der Waals surface area contributed by atoms with Gasteiger partial charge in [-0.2, -0.15) is 0 Å². The lowest BCUT2D eigenvalue weighted by molar-refractivity contribution is -0.121. The first-order chi connectivity index (χ1) is 11.1. The molecule has 2 aromatic rings. The van der Waals surface area contributed by atoms with E-state index in [1.165, 1.54) is 12.7 Å². The number of rotatable bonds is 4. The van der Waals surface area contributed by atoms with Gasteiger partial charge in [-0.05, 0) is 18.8 Å². The number of aliphatic hydroxyl groups is 3. The van der Waals surface area contributed by atoms with Crippen LogP contribution in [0.15, 0.2) is 12.7 Å². The van der Waals surface area contributed by atoms with E-state index in [0.29, 0.717) is 17.0 Å². The molecule has 4 rings (SSSR count). The molecular weight excluding hydrogens is 302 g/mol. The first-order valence-electron chi connectivity index (χ1n) is 7.63. The van der Waals surface area contributed by atoms with Gasteiger partial charge in [0.05, 0.1) is 12.9 Å².